The molecule has 2 fully saturated rings. The number of carbonyl (C=O) groups excluding carboxylic acids is 1. The van der Waals surface area contributed by atoms with E-state index in [1.165, 1.54) is 16.4 Å². The zero-order chi connectivity index (χ0) is 21.3. The van der Waals surface area contributed by atoms with Crippen molar-refractivity contribution in [1.29, 1.82) is 0 Å². The molecule has 160 valence electrons. The minimum absolute atomic E-state index is 0.00940. The van der Waals surface area contributed by atoms with E-state index in [-0.39, 0.29) is 39.6 Å². The van der Waals surface area contributed by atoms with E-state index in [0.717, 1.165) is 18.4 Å². The summed E-state index contributed by atoms with van der Waals surface area (Å²) in [5.41, 5.74) is 1.11. The van der Waals surface area contributed by atoms with Crippen LogP contribution in [0, 0.1) is 5.92 Å². The van der Waals surface area contributed by atoms with Crippen LogP contribution in [0.5, 0.6) is 0 Å². The summed E-state index contributed by atoms with van der Waals surface area (Å²) in [5.74, 6) is -0.0603. The van der Waals surface area contributed by atoms with Crippen molar-refractivity contribution in [3.8, 4) is 0 Å². The van der Waals surface area contributed by atoms with E-state index in [1.807, 2.05) is 30.3 Å². The minimum Gasteiger partial charge on any atom is -0.379 e. The number of nitrogens with one attached hydrogen (secondary N) is 1. The number of halogens is 2. The topological polar surface area (TPSA) is 75.7 Å². The molecule has 1 unspecified atom stereocenters. The smallest absolute Gasteiger partial charge is 0.253 e. The lowest BCUT2D eigenvalue weighted by Crippen LogP contribution is -2.40. The third-order valence-corrected chi connectivity index (χ3v) is 8.07. The first-order valence-electron chi connectivity index (χ1n) is 9.80. The second-order valence-electron chi connectivity index (χ2n) is 7.48. The van der Waals surface area contributed by atoms with Crippen LogP contribution in [0.2, 0.25) is 10.0 Å². The van der Waals surface area contributed by atoms with Gasteiger partial charge < -0.3 is 10.1 Å². The molecule has 6 nitrogen and oxygen atoms in total. The number of sulfonamides is 1. The van der Waals surface area contributed by atoms with Crippen LogP contribution in [0.15, 0.2) is 47.4 Å². The summed E-state index contributed by atoms with van der Waals surface area (Å²) in [6.45, 7) is 1.11. The summed E-state index contributed by atoms with van der Waals surface area (Å²) >= 11 is 12.5. The third-order valence-electron chi connectivity index (χ3n) is 5.39. The van der Waals surface area contributed by atoms with E-state index in [2.05, 4.69) is 5.32 Å². The van der Waals surface area contributed by atoms with Gasteiger partial charge in [-0.1, -0.05) is 53.5 Å². The van der Waals surface area contributed by atoms with Crippen molar-refractivity contribution in [2.24, 2.45) is 5.92 Å². The van der Waals surface area contributed by atoms with E-state index >= 15 is 0 Å². The zero-order valence-electron chi connectivity index (χ0n) is 16.2. The molecule has 1 aliphatic carbocycles. The maximum absolute atomic E-state index is 13.1. The molecule has 1 saturated heterocycles. The highest BCUT2D eigenvalue weighted by Crippen LogP contribution is 2.41. The van der Waals surface area contributed by atoms with Crippen LogP contribution < -0.4 is 5.32 Å². The summed E-state index contributed by atoms with van der Waals surface area (Å²) in [6, 6.07) is 12.2. The Labute approximate surface area is 186 Å². The SMILES string of the molecule is O=C(NC(c1ccccc1)C1CC1)c1cc(S(=O)(=O)N2CCOCC2)c(Cl)cc1Cl. The molecule has 1 aliphatic heterocycles. The number of hydrogen-bond acceptors (Lipinski definition) is 4. The number of rotatable bonds is 6. The highest BCUT2D eigenvalue weighted by molar-refractivity contribution is 7.89. The summed E-state index contributed by atoms with van der Waals surface area (Å²) in [4.78, 5) is 13.0. The van der Waals surface area contributed by atoms with Gasteiger partial charge in [0.25, 0.3) is 5.91 Å². The fraction of sp³-hybridized carbons (Fsp3) is 0.381. The Bertz CT molecular complexity index is 1040. The van der Waals surface area contributed by atoms with E-state index in [1.54, 1.807) is 0 Å². The molecule has 4 rings (SSSR count). The molecule has 0 spiro atoms. The molecule has 9 heteroatoms. The third kappa shape index (κ3) is 4.50. The van der Waals surface area contributed by atoms with Crippen LogP contribution in [0.3, 0.4) is 0 Å². The first kappa shape index (κ1) is 21.6. The summed E-state index contributed by atoms with van der Waals surface area (Å²) in [6.07, 6.45) is 2.07. The molecular formula is C21H22Cl2N2O4S. The maximum Gasteiger partial charge on any atom is 0.253 e. The monoisotopic (exact) mass is 468 g/mol. The minimum atomic E-state index is -3.87. The zero-order valence-corrected chi connectivity index (χ0v) is 18.5. The van der Waals surface area contributed by atoms with E-state index < -0.39 is 15.9 Å². The van der Waals surface area contributed by atoms with Crippen molar-refractivity contribution in [1.82, 2.24) is 9.62 Å². The maximum atomic E-state index is 13.1. The first-order valence-corrected chi connectivity index (χ1v) is 12.0. The van der Waals surface area contributed by atoms with Gasteiger partial charge >= 0.3 is 0 Å². The highest BCUT2D eigenvalue weighted by atomic mass is 35.5. The molecule has 1 heterocycles. The summed E-state index contributed by atoms with van der Waals surface area (Å²) < 4.78 is 32.7. The Morgan fingerprint density at radius 3 is 2.37 bits per heavy atom. The summed E-state index contributed by atoms with van der Waals surface area (Å²) in [5, 5.41) is 3.14. The Kier molecular flexibility index (Phi) is 6.36. The number of benzene rings is 2. The molecular weight excluding hydrogens is 447 g/mol. The largest absolute Gasteiger partial charge is 0.379 e. The van der Waals surface area contributed by atoms with Gasteiger partial charge in [0.2, 0.25) is 10.0 Å². The van der Waals surface area contributed by atoms with Crippen molar-refractivity contribution in [3.63, 3.8) is 0 Å². The predicted molar refractivity (Wildman–Crippen MR) is 115 cm³/mol. The molecule has 30 heavy (non-hydrogen) atoms. The Hall–Kier alpha value is -1.64. The predicted octanol–water partition coefficient (Wildman–Crippen LogP) is 3.90. The van der Waals surface area contributed by atoms with Crippen LogP contribution in [0.1, 0.15) is 34.8 Å². The molecule has 2 aromatic rings. The molecule has 2 aromatic carbocycles. The average Bonchev–Trinajstić information content (AvgIpc) is 3.58. The quantitative estimate of drug-likeness (QED) is 0.697. The number of hydrogen-bond donors (Lipinski definition) is 1. The number of nitrogens with zero attached hydrogens (tertiary/aromatic N) is 1. The fourth-order valence-electron chi connectivity index (χ4n) is 3.61. The van der Waals surface area contributed by atoms with Gasteiger partial charge in [-0.3, -0.25) is 4.79 Å². The Morgan fingerprint density at radius 1 is 1.07 bits per heavy atom. The standard InChI is InChI=1S/C21H22Cl2N2O4S/c22-17-13-18(23)19(30(27,28)25-8-10-29-11-9-25)12-16(17)21(26)24-20(15-6-7-15)14-4-2-1-3-5-14/h1-5,12-13,15,20H,6-11H2,(H,24,26). The van der Waals surface area contributed by atoms with Gasteiger partial charge in [-0.25, -0.2) is 8.42 Å². The van der Waals surface area contributed by atoms with E-state index in [9.17, 15) is 13.2 Å². The van der Waals surface area contributed by atoms with Crippen molar-refractivity contribution >= 4 is 39.1 Å². The highest BCUT2D eigenvalue weighted by Gasteiger charge is 2.35. The molecule has 2 aliphatic rings. The fourth-order valence-corrected chi connectivity index (χ4v) is 5.85. The molecule has 1 atom stereocenters. The van der Waals surface area contributed by atoms with Crippen LogP contribution in [0.4, 0.5) is 0 Å². The number of amides is 1. The molecule has 1 saturated carbocycles. The number of morpholine rings is 1. The lowest BCUT2D eigenvalue weighted by atomic mass is 10.0. The molecule has 0 aromatic heterocycles. The lowest BCUT2D eigenvalue weighted by molar-refractivity contribution is 0.0730. The van der Waals surface area contributed by atoms with Gasteiger partial charge in [0.05, 0.1) is 34.9 Å². The molecule has 0 bridgehead atoms. The van der Waals surface area contributed by atoms with Crippen LogP contribution >= 0.6 is 23.2 Å². The Balaban J connectivity index is 1.64. The van der Waals surface area contributed by atoms with E-state index in [4.69, 9.17) is 27.9 Å². The number of ether oxygens (including phenoxy) is 1. The van der Waals surface area contributed by atoms with Crippen molar-refractivity contribution < 1.29 is 17.9 Å². The molecule has 1 N–H and O–H groups in total. The lowest BCUT2D eigenvalue weighted by Gasteiger charge is -2.26. The average molecular weight is 469 g/mol. The Morgan fingerprint density at radius 2 is 1.73 bits per heavy atom. The van der Waals surface area contributed by atoms with Gasteiger partial charge in [-0.05, 0) is 36.5 Å². The van der Waals surface area contributed by atoms with Crippen LogP contribution in [0.25, 0.3) is 0 Å². The second kappa shape index (κ2) is 8.85. The van der Waals surface area contributed by atoms with Crippen LogP contribution in [-0.4, -0.2) is 44.9 Å². The summed E-state index contributed by atoms with van der Waals surface area (Å²) in [7, 11) is -3.87. The number of carbonyl (C=O) groups is 1. The molecule has 0 radical (unpaired) electrons. The van der Waals surface area contributed by atoms with Crippen molar-refractivity contribution in [2.45, 2.75) is 23.8 Å². The van der Waals surface area contributed by atoms with Gasteiger partial charge in [0.15, 0.2) is 0 Å². The van der Waals surface area contributed by atoms with Gasteiger partial charge in [0, 0.05) is 13.1 Å². The van der Waals surface area contributed by atoms with E-state index in [0.29, 0.717) is 19.1 Å². The van der Waals surface area contributed by atoms with Gasteiger partial charge in [-0.15, -0.1) is 0 Å². The van der Waals surface area contributed by atoms with Crippen LogP contribution in [-0.2, 0) is 14.8 Å². The van der Waals surface area contributed by atoms with Gasteiger partial charge in [-0.2, -0.15) is 4.31 Å². The normalized spacial score (nSPS) is 18.7. The van der Waals surface area contributed by atoms with Crippen molar-refractivity contribution in [3.05, 3.63) is 63.6 Å². The van der Waals surface area contributed by atoms with Crippen molar-refractivity contribution in [2.75, 3.05) is 26.3 Å². The van der Waals surface area contributed by atoms with Gasteiger partial charge in [0.1, 0.15) is 4.90 Å². The first-order chi connectivity index (χ1) is 14.4. The molecule has 1 amide bonds. The second-order valence-corrected chi connectivity index (χ2v) is 10.2.